The number of hydrogen-bond acceptors (Lipinski definition) is 3. The number of hydrogen-bond donors (Lipinski definition) is 2. The summed E-state index contributed by atoms with van der Waals surface area (Å²) in [6.45, 7) is 1.16. The van der Waals surface area contributed by atoms with Gasteiger partial charge in [0.05, 0.1) is 5.60 Å². The topological polar surface area (TPSA) is 58.6 Å². The van der Waals surface area contributed by atoms with Gasteiger partial charge in [0.25, 0.3) is 0 Å². The standard InChI is InChI=1S/C15H19F2NO3/c16-12-3-1-11(9-13(12)17)2-4-14(19)18-10-15(20)5-7-21-8-6-15/h1,3,9,20H,2,4-8,10H2,(H,18,19). The van der Waals surface area contributed by atoms with Crippen LogP contribution in [0.1, 0.15) is 24.8 Å². The number of rotatable bonds is 5. The van der Waals surface area contributed by atoms with Gasteiger partial charge in [0, 0.05) is 39.0 Å². The van der Waals surface area contributed by atoms with Gasteiger partial charge in [-0.2, -0.15) is 0 Å². The maximum absolute atomic E-state index is 13.0. The van der Waals surface area contributed by atoms with Crippen molar-refractivity contribution in [3.63, 3.8) is 0 Å². The summed E-state index contributed by atoms with van der Waals surface area (Å²) in [7, 11) is 0. The minimum atomic E-state index is -0.913. The highest BCUT2D eigenvalue weighted by atomic mass is 19.2. The summed E-state index contributed by atoms with van der Waals surface area (Å²) in [6, 6.07) is 3.60. The Hall–Kier alpha value is -1.53. The molecule has 1 fully saturated rings. The SMILES string of the molecule is O=C(CCc1ccc(F)c(F)c1)NCC1(O)CCOCC1. The fraction of sp³-hybridized carbons (Fsp3) is 0.533. The quantitative estimate of drug-likeness (QED) is 0.867. The number of nitrogens with one attached hydrogen (secondary N) is 1. The zero-order valence-electron chi connectivity index (χ0n) is 11.7. The number of ether oxygens (including phenoxy) is 1. The highest BCUT2D eigenvalue weighted by Crippen LogP contribution is 2.19. The number of amides is 1. The van der Waals surface area contributed by atoms with Gasteiger partial charge in [-0.05, 0) is 24.1 Å². The Morgan fingerprint density at radius 2 is 2.00 bits per heavy atom. The molecule has 0 atom stereocenters. The molecule has 1 heterocycles. The van der Waals surface area contributed by atoms with Crippen molar-refractivity contribution in [2.24, 2.45) is 0 Å². The summed E-state index contributed by atoms with van der Waals surface area (Å²) in [5.74, 6) is -2.03. The first kappa shape index (κ1) is 15.9. The average molecular weight is 299 g/mol. The molecule has 1 aliphatic rings. The molecule has 1 aliphatic heterocycles. The molecule has 4 nitrogen and oxygen atoms in total. The van der Waals surface area contributed by atoms with Crippen LogP contribution in [0.25, 0.3) is 0 Å². The lowest BCUT2D eigenvalue weighted by molar-refractivity contribution is -0.123. The molecule has 116 valence electrons. The highest BCUT2D eigenvalue weighted by molar-refractivity contribution is 5.76. The molecule has 0 saturated carbocycles. The maximum atomic E-state index is 13.0. The van der Waals surface area contributed by atoms with Crippen LogP contribution in [-0.2, 0) is 16.0 Å². The van der Waals surface area contributed by atoms with Crippen LogP contribution in [0.15, 0.2) is 18.2 Å². The third-order valence-corrected chi connectivity index (χ3v) is 3.66. The number of halogens is 2. The summed E-state index contributed by atoms with van der Waals surface area (Å²) < 4.78 is 31.0. The molecule has 0 aromatic heterocycles. The molecule has 0 aliphatic carbocycles. The van der Waals surface area contributed by atoms with Crippen LogP contribution in [0, 0.1) is 11.6 Å². The van der Waals surface area contributed by atoms with E-state index < -0.39 is 17.2 Å². The monoisotopic (exact) mass is 299 g/mol. The van der Waals surface area contributed by atoms with Gasteiger partial charge >= 0.3 is 0 Å². The van der Waals surface area contributed by atoms with Crippen molar-refractivity contribution >= 4 is 5.91 Å². The van der Waals surface area contributed by atoms with E-state index in [4.69, 9.17) is 4.74 Å². The first-order valence-corrected chi connectivity index (χ1v) is 6.99. The Balaban J connectivity index is 1.75. The Bertz CT molecular complexity index is 502. The van der Waals surface area contributed by atoms with Crippen molar-refractivity contribution in [3.05, 3.63) is 35.4 Å². The van der Waals surface area contributed by atoms with E-state index in [-0.39, 0.29) is 18.9 Å². The molecule has 1 aromatic carbocycles. The Labute approximate surface area is 122 Å². The Morgan fingerprint density at radius 3 is 2.67 bits per heavy atom. The van der Waals surface area contributed by atoms with Gasteiger partial charge in [-0.3, -0.25) is 4.79 Å². The highest BCUT2D eigenvalue weighted by Gasteiger charge is 2.29. The first-order valence-electron chi connectivity index (χ1n) is 6.99. The van der Waals surface area contributed by atoms with Gasteiger partial charge in [-0.15, -0.1) is 0 Å². The van der Waals surface area contributed by atoms with Crippen molar-refractivity contribution < 1.29 is 23.4 Å². The van der Waals surface area contributed by atoms with Crippen LogP contribution in [0.2, 0.25) is 0 Å². The van der Waals surface area contributed by atoms with Gasteiger partial charge < -0.3 is 15.2 Å². The predicted octanol–water partition coefficient (Wildman–Crippen LogP) is 1.56. The van der Waals surface area contributed by atoms with Crippen LogP contribution in [0.5, 0.6) is 0 Å². The number of carbonyl (C=O) groups is 1. The lowest BCUT2D eigenvalue weighted by atomic mass is 9.94. The number of carbonyl (C=O) groups excluding carboxylic acids is 1. The second-order valence-electron chi connectivity index (χ2n) is 5.36. The number of aliphatic hydroxyl groups is 1. The smallest absolute Gasteiger partial charge is 0.220 e. The normalized spacial score (nSPS) is 17.5. The summed E-state index contributed by atoms with van der Waals surface area (Å²) >= 11 is 0. The van der Waals surface area contributed by atoms with Gasteiger partial charge in [0.2, 0.25) is 5.91 Å². The molecule has 1 saturated heterocycles. The van der Waals surface area contributed by atoms with Crippen molar-refractivity contribution in [1.82, 2.24) is 5.32 Å². The van der Waals surface area contributed by atoms with Crippen molar-refractivity contribution in [2.45, 2.75) is 31.3 Å². The van der Waals surface area contributed by atoms with E-state index in [0.29, 0.717) is 38.0 Å². The minimum absolute atomic E-state index is 0.164. The molecule has 1 amide bonds. The van der Waals surface area contributed by atoms with Crippen molar-refractivity contribution in [3.8, 4) is 0 Å². The molecule has 0 unspecified atom stereocenters. The largest absolute Gasteiger partial charge is 0.388 e. The molecule has 6 heteroatoms. The Kier molecular flexibility index (Phi) is 5.25. The van der Waals surface area contributed by atoms with Gasteiger partial charge in [-0.1, -0.05) is 6.07 Å². The molecular formula is C15H19F2NO3. The lowest BCUT2D eigenvalue weighted by Gasteiger charge is -2.32. The molecule has 2 N–H and O–H groups in total. The van der Waals surface area contributed by atoms with Crippen LogP contribution >= 0.6 is 0 Å². The van der Waals surface area contributed by atoms with Crippen LogP contribution in [0.4, 0.5) is 8.78 Å². The predicted molar refractivity (Wildman–Crippen MR) is 72.7 cm³/mol. The lowest BCUT2D eigenvalue weighted by Crippen LogP contribution is -2.46. The van der Waals surface area contributed by atoms with Gasteiger partial charge in [-0.25, -0.2) is 8.78 Å². The summed E-state index contributed by atoms with van der Waals surface area (Å²) in [5, 5.41) is 12.9. The zero-order valence-corrected chi connectivity index (χ0v) is 11.7. The number of benzene rings is 1. The third-order valence-electron chi connectivity index (χ3n) is 3.66. The second-order valence-corrected chi connectivity index (χ2v) is 5.36. The van der Waals surface area contributed by atoms with Crippen LogP contribution in [0.3, 0.4) is 0 Å². The van der Waals surface area contributed by atoms with Crippen molar-refractivity contribution in [2.75, 3.05) is 19.8 Å². The molecule has 0 radical (unpaired) electrons. The minimum Gasteiger partial charge on any atom is -0.388 e. The number of aryl methyl sites for hydroxylation is 1. The molecule has 2 rings (SSSR count). The Morgan fingerprint density at radius 1 is 1.29 bits per heavy atom. The first-order chi connectivity index (χ1) is 9.98. The molecule has 0 spiro atoms. The van der Waals surface area contributed by atoms with E-state index in [9.17, 15) is 18.7 Å². The van der Waals surface area contributed by atoms with E-state index in [0.717, 1.165) is 12.1 Å². The van der Waals surface area contributed by atoms with E-state index in [2.05, 4.69) is 5.32 Å². The van der Waals surface area contributed by atoms with E-state index >= 15 is 0 Å². The van der Waals surface area contributed by atoms with Gasteiger partial charge in [0.15, 0.2) is 11.6 Å². The van der Waals surface area contributed by atoms with Gasteiger partial charge in [0.1, 0.15) is 0 Å². The summed E-state index contributed by atoms with van der Waals surface area (Å²) in [6.07, 6.45) is 1.48. The molecule has 21 heavy (non-hydrogen) atoms. The fourth-order valence-corrected chi connectivity index (χ4v) is 2.23. The molecule has 1 aromatic rings. The van der Waals surface area contributed by atoms with E-state index in [1.54, 1.807) is 0 Å². The summed E-state index contributed by atoms with van der Waals surface area (Å²) in [5.41, 5.74) is -0.343. The third kappa shape index (κ3) is 4.75. The summed E-state index contributed by atoms with van der Waals surface area (Å²) in [4.78, 5) is 11.7. The van der Waals surface area contributed by atoms with Crippen molar-refractivity contribution in [1.29, 1.82) is 0 Å². The fourth-order valence-electron chi connectivity index (χ4n) is 2.23. The zero-order chi connectivity index (χ0) is 15.3. The van der Waals surface area contributed by atoms with E-state index in [1.165, 1.54) is 6.07 Å². The molecular weight excluding hydrogens is 280 g/mol. The maximum Gasteiger partial charge on any atom is 0.220 e. The average Bonchev–Trinajstić information content (AvgIpc) is 2.47. The van der Waals surface area contributed by atoms with Crippen LogP contribution in [-0.4, -0.2) is 36.4 Å². The second kappa shape index (κ2) is 6.95. The van der Waals surface area contributed by atoms with E-state index in [1.807, 2.05) is 0 Å². The van der Waals surface area contributed by atoms with Crippen LogP contribution < -0.4 is 5.32 Å². The molecule has 0 bridgehead atoms.